The van der Waals surface area contributed by atoms with E-state index in [1.54, 1.807) is 0 Å². The molecule has 0 bridgehead atoms. The Bertz CT molecular complexity index is 493. The Morgan fingerprint density at radius 3 is 2.48 bits per heavy atom. The highest BCUT2D eigenvalue weighted by Gasteiger charge is 2.56. The van der Waals surface area contributed by atoms with Gasteiger partial charge in [0.15, 0.2) is 0 Å². The number of nitrogens with one attached hydrogen (secondary N) is 1. The van der Waals surface area contributed by atoms with Gasteiger partial charge in [0, 0.05) is 25.0 Å². The summed E-state index contributed by atoms with van der Waals surface area (Å²) in [5.74, 6) is 1.95. The number of hydrogen-bond acceptors (Lipinski definition) is 3. The zero-order chi connectivity index (χ0) is 15.0. The molecule has 2 aliphatic carbocycles. The average Bonchev–Trinajstić information content (AvgIpc) is 2.99. The molecular weight excluding hydrogens is 288 g/mol. The number of nitrogens with zero attached hydrogens (tertiary/aromatic N) is 1. The normalized spacial score (nSPS) is 35.6. The van der Waals surface area contributed by atoms with Gasteiger partial charge in [0.1, 0.15) is 0 Å². The minimum absolute atomic E-state index is 0.0914. The van der Waals surface area contributed by atoms with Gasteiger partial charge in [0.05, 0.1) is 5.75 Å². The molecule has 1 heterocycles. The summed E-state index contributed by atoms with van der Waals surface area (Å²) >= 11 is 0. The van der Waals surface area contributed by atoms with E-state index in [1.807, 2.05) is 11.8 Å². The second-order valence-electron chi connectivity index (χ2n) is 6.84. The van der Waals surface area contributed by atoms with Crippen LogP contribution in [0.5, 0.6) is 0 Å². The molecule has 6 heteroatoms. The molecular formula is C15H26N2O3S. The van der Waals surface area contributed by atoms with E-state index < -0.39 is 10.0 Å². The lowest BCUT2D eigenvalue weighted by molar-refractivity contribution is -0.132. The first-order valence-corrected chi connectivity index (χ1v) is 9.96. The standard InChI is InChI=1S/C15H26N2O3S/c1-2-9-21(19,20)16-11-7-8-17(10-11)15(18)14-12-5-3-4-6-13(12)14/h11-14,16H,2-10H2,1H3/t11-,12-,13+,14?/m0/s1. The van der Waals surface area contributed by atoms with Crippen LogP contribution >= 0.6 is 0 Å². The van der Waals surface area contributed by atoms with Crippen molar-refractivity contribution in [3.63, 3.8) is 0 Å². The van der Waals surface area contributed by atoms with Crippen LogP contribution in [-0.2, 0) is 14.8 Å². The van der Waals surface area contributed by atoms with Crippen LogP contribution in [0.1, 0.15) is 45.4 Å². The van der Waals surface area contributed by atoms with E-state index in [2.05, 4.69) is 4.72 Å². The van der Waals surface area contributed by atoms with E-state index in [1.165, 1.54) is 25.7 Å². The van der Waals surface area contributed by atoms with Crippen LogP contribution in [-0.4, -0.2) is 44.1 Å². The molecule has 3 fully saturated rings. The van der Waals surface area contributed by atoms with Gasteiger partial charge in [-0.1, -0.05) is 19.8 Å². The molecule has 21 heavy (non-hydrogen) atoms. The van der Waals surface area contributed by atoms with Gasteiger partial charge in [-0.15, -0.1) is 0 Å². The molecule has 1 N–H and O–H groups in total. The molecule has 120 valence electrons. The number of sulfonamides is 1. The smallest absolute Gasteiger partial charge is 0.226 e. The summed E-state index contributed by atoms with van der Waals surface area (Å²) < 4.78 is 26.3. The lowest BCUT2D eigenvalue weighted by Gasteiger charge is -2.17. The van der Waals surface area contributed by atoms with Gasteiger partial charge in [-0.05, 0) is 37.5 Å². The van der Waals surface area contributed by atoms with Crippen molar-refractivity contribution in [3.05, 3.63) is 0 Å². The Morgan fingerprint density at radius 2 is 1.86 bits per heavy atom. The first kappa shape index (κ1) is 15.3. The molecule has 4 atom stereocenters. The molecule has 1 aliphatic heterocycles. The second-order valence-corrected chi connectivity index (χ2v) is 8.72. The zero-order valence-electron chi connectivity index (χ0n) is 12.8. The topological polar surface area (TPSA) is 66.5 Å². The van der Waals surface area contributed by atoms with Crippen molar-refractivity contribution in [2.24, 2.45) is 17.8 Å². The monoisotopic (exact) mass is 314 g/mol. The van der Waals surface area contributed by atoms with Crippen LogP contribution in [0.2, 0.25) is 0 Å². The molecule has 1 amide bonds. The molecule has 1 saturated heterocycles. The van der Waals surface area contributed by atoms with Crippen LogP contribution in [0.15, 0.2) is 0 Å². The summed E-state index contributed by atoms with van der Waals surface area (Å²) in [4.78, 5) is 14.5. The third-order valence-electron chi connectivity index (χ3n) is 5.26. The predicted octanol–water partition coefficient (Wildman–Crippen LogP) is 1.35. The van der Waals surface area contributed by atoms with Gasteiger partial charge in [-0.2, -0.15) is 0 Å². The Morgan fingerprint density at radius 1 is 1.19 bits per heavy atom. The highest BCUT2D eigenvalue weighted by atomic mass is 32.2. The van der Waals surface area contributed by atoms with E-state index in [0.717, 1.165) is 6.42 Å². The average molecular weight is 314 g/mol. The number of carbonyl (C=O) groups excluding carboxylic acids is 1. The lowest BCUT2D eigenvalue weighted by atomic mass is 10.0. The molecule has 2 saturated carbocycles. The second kappa shape index (κ2) is 5.88. The molecule has 3 rings (SSSR count). The van der Waals surface area contributed by atoms with E-state index >= 15 is 0 Å². The van der Waals surface area contributed by atoms with Crippen LogP contribution < -0.4 is 4.72 Å². The minimum Gasteiger partial charge on any atom is -0.341 e. The molecule has 0 aromatic carbocycles. The fourth-order valence-electron chi connectivity index (χ4n) is 4.21. The minimum atomic E-state index is -3.18. The fraction of sp³-hybridized carbons (Fsp3) is 0.933. The van der Waals surface area contributed by atoms with Crippen molar-refractivity contribution in [1.82, 2.24) is 9.62 Å². The van der Waals surface area contributed by atoms with Crippen LogP contribution in [0, 0.1) is 17.8 Å². The molecule has 5 nitrogen and oxygen atoms in total. The number of carbonyl (C=O) groups is 1. The Hall–Kier alpha value is -0.620. The van der Waals surface area contributed by atoms with Gasteiger partial charge in [-0.3, -0.25) is 4.79 Å². The van der Waals surface area contributed by atoms with Gasteiger partial charge < -0.3 is 4.90 Å². The quantitative estimate of drug-likeness (QED) is 0.833. The van der Waals surface area contributed by atoms with Gasteiger partial charge in [-0.25, -0.2) is 13.1 Å². The van der Waals surface area contributed by atoms with Crippen molar-refractivity contribution in [3.8, 4) is 0 Å². The first-order chi connectivity index (χ1) is 10.0. The summed E-state index contributed by atoms with van der Waals surface area (Å²) in [6.45, 7) is 3.12. The van der Waals surface area contributed by atoms with Gasteiger partial charge >= 0.3 is 0 Å². The summed E-state index contributed by atoms with van der Waals surface area (Å²) in [7, 11) is -3.18. The third kappa shape index (κ3) is 3.26. The largest absolute Gasteiger partial charge is 0.341 e. The van der Waals surface area contributed by atoms with Crippen LogP contribution in [0.25, 0.3) is 0 Å². The van der Waals surface area contributed by atoms with Gasteiger partial charge in [0.25, 0.3) is 0 Å². The predicted molar refractivity (Wildman–Crippen MR) is 81.1 cm³/mol. The van der Waals surface area contributed by atoms with Crippen molar-refractivity contribution < 1.29 is 13.2 Å². The molecule has 3 aliphatic rings. The maximum atomic E-state index is 12.6. The van der Waals surface area contributed by atoms with Crippen LogP contribution in [0.4, 0.5) is 0 Å². The van der Waals surface area contributed by atoms with E-state index in [0.29, 0.717) is 31.3 Å². The zero-order valence-corrected chi connectivity index (χ0v) is 13.6. The first-order valence-electron chi connectivity index (χ1n) is 8.30. The fourth-order valence-corrected chi connectivity index (χ4v) is 5.56. The van der Waals surface area contributed by atoms with E-state index in [-0.39, 0.29) is 23.6 Å². The summed E-state index contributed by atoms with van der Waals surface area (Å²) in [6, 6.07) is -0.0914. The van der Waals surface area contributed by atoms with E-state index in [4.69, 9.17) is 0 Å². The summed E-state index contributed by atoms with van der Waals surface area (Å²) in [5.41, 5.74) is 0. The number of hydrogen-bond donors (Lipinski definition) is 1. The molecule has 0 spiro atoms. The number of likely N-dealkylation sites (tertiary alicyclic amines) is 1. The Kier molecular flexibility index (Phi) is 4.28. The number of fused-ring (bicyclic) bond motifs is 1. The maximum Gasteiger partial charge on any atom is 0.226 e. The summed E-state index contributed by atoms with van der Waals surface area (Å²) in [5, 5.41) is 0. The highest BCUT2D eigenvalue weighted by Crippen LogP contribution is 2.56. The van der Waals surface area contributed by atoms with Crippen molar-refractivity contribution >= 4 is 15.9 Å². The molecule has 1 unspecified atom stereocenters. The van der Waals surface area contributed by atoms with Crippen molar-refractivity contribution in [2.75, 3.05) is 18.8 Å². The number of rotatable bonds is 5. The van der Waals surface area contributed by atoms with Gasteiger partial charge in [0.2, 0.25) is 15.9 Å². The molecule has 0 radical (unpaired) electrons. The number of amides is 1. The Labute approximate surface area is 127 Å². The van der Waals surface area contributed by atoms with Crippen molar-refractivity contribution in [1.29, 1.82) is 0 Å². The maximum absolute atomic E-state index is 12.6. The van der Waals surface area contributed by atoms with Crippen LogP contribution in [0.3, 0.4) is 0 Å². The molecule has 0 aromatic heterocycles. The highest BCUT2D eigenvalue weighted by molar-refractivity contribution is 7.89. The summed E-state index contributed by atoms with van der Waals surface area (Å²) in [6.07, 6.45) is 6.32. The Balaban J connectivity index is 1.52. The SMILES string of the molecule is CCCS(=O)(=O)N[C@H]1CCN(C(=O)C2[C@H]3CCCC[C@@H]23)C1. The van der Waals surface area contributed by atoms with Crippen molar-refractivity contribution in [2.45, 2.75) is 51.5 Å². The lowest BCUT2D eigenvalue weighted by Crippen LogP contribution is -2.39. The third-order valence-corrected chi connectivity index (χ3v) is 6.90. The molecule has 0 aromatic rings. The van der Waals surface area contributed by atoms with E-state index in [9.17, 15) is 13.2 Å².